The van der Waals surface area contributed by atoms with Gasteiger partial charge in [0.1, 0.15) is 0 Å². The van der Waals surface area contributed by atoms with Crippen molar-refractivity contribution in [2.75, 3.05) is 13.6 Å². The summed E-state index contributed by atoms with van der Waals surface area (Å²) < 4.78 is 0. The minimum Gasteiger partial charge on any atom is -0.319 e. The largest absolute Gasteiger partial charge is 0.319 e. The third kappa shape index (κ3) is 3.30. The predicted octanol–water partition coefficient (Wildman–Crippen LogP) is 3.06. The van der Waals surface area contributed by atoms with E-state index in [4.69, 9.17) is 0 Å². The SMILES string of the molecule is CNCC(C)(C)CC1CC(C)(C)C1. The molecule has 78 valence electrons. The summed E-state index contributed by atoms with van der Waals surface area (Å²) in [6.07, 6.45) is 4.25. The Morgan fingerprint density at radius 2 is 1.85 bits per heavy atom. The fourth-order valence-corrected chi connectivity index (χ4v) is 2.98. The van der Waals surface area contributed by atoms with Crippen LogP contribution in [0.25, 0.3) is 0 Å². The van der Waals surface area contributed by atoms with E-state index in [2.05, 4.69) is 33.0 Å². The average Bonchev–Trinajstić information content (AvgIpc) is 1.80. The summed E-state index contributed by atoms with van der Waals surface area (Å²) in [4.78, 5) is 0. The van der Waals surface area contributed by atoms with Crippen LogP contribution >= 0.6 is 0 Å². The smallest absolute Gasteiger partial charge is 0.0000385 e. The lowest BCUT2D eigenvalue weighted by molar-refractivity contribution is 0.0588. The molecule has 0 spiro atoms. The Kier molecular flexibility index (Phi) is 3.06. The van der Waals surface area contributed by atoms with Crippen LogP contribution < -0.4 is 5.32 Å². The Balaban J connectivity index is 2.26. The Hall–Kier alpha value is -0.0400. The van der Waals surface area contributed by atoms with Crippen LogP contribution in [-0.2, 0) is 0 Å². The van der Waals surface area contributed by atoms with Gasteiger partial charge in [-0.2, -0.15) is 0 Å². The molecule has 0 amide bonds. The number of nitrogens with one attached hydrogen (secondary N) is 1. The zero-order chi connectivity index (χ0) is 10.1. The molecular formula is C12H25N. The van der Waals surface area contributed by atoms with Gasteiger partial charge in [-0.25, -0.2) is 0 Å². The van der Waals surface area contributed by atoms with E-state index in [9.17, 15) is 0 Å². The van der Waals surface area contributed by atoms with Crippen LogP contribution in [0.5, 0.6) is 0 Å². The lowest BCUT2D eigenvalue weighted by atomic mass is 9.60. The van der Waals surface area contributed by atoms with E-state index >= 15 is 0 Å². The van der Waals surface area contributed by atoms with E-state index in [0.717, 1.165) is 12.5 Å². The lowest BCUT2D eigenvalue weighted by Crippen LogP contribution is -2.37. The van der Waals surface area contributed by atoms with Crippen LogP contribution in [0.3, 0.4) is 0 Å². The van der Waals surface area contributed by atoms with Crippen molar-refractivity contribution in [1.82, 2.24) is 5.32 Å². The molecule has 1 aliphatic carbocycles. The van der Waals surface area contributed by atoms with E-state index in [0.29, 0.717) is 10.8 Å². The van der Waals surface area contributed by atoms with Gasteiger partial charge in [-0.1, -0.05) is 27.7 Å². The van der Waals surface area contributed by atoms with Crippen molar-refractivity contribution in [2.45, 2.75) is 47.0 Å². The summed E-state index contributed by atoms with van der Waals surface area (Å²) in [5.74, 6) is 0.985. The topological polar surface area (TPSA) is 12.0 Å². The van der Waals surface area contributed by atoms with Gasteiger partial charge in [-0.05, 0) is 49.6 Å². The first-order valence-corrected chi connectivity index (χ1v) is 5.49. The molecule has 0 heterocycles. The second kappa shape index (κ2) is 3.61. The fraction of sp³-hybridized carbons (Fsp3) is 1.00. The summed E-state index contributed by atoms with van der Waals surface area (Å²) in [5.41, 5.74) is 1.12. The highest BCUT2D eigenvalue weighted by atomic mass is 14.8. The van der Waals surface area contributed by atoms with E-state index in [1.165, 1.54) is 19.3 Å². The maximum Gasteiger partial charge on any atom is -0.0000385 e. The van der Waals surface area contributed by atoms with Gasteiger partial charge in [0.05, 0.1) is 0 Å². The maximum absolute atomic E-state index is 3.28. The van der Waals surface area contributed by atoms with Gasteiger partial charge in [0.2, 0.25) is 0 Å². The van der Waals surface area contributed by atoms with Crippen LogP contribution in [0.1, 0.15) is 47.0 Å². The van der Waals surface area contributed by atoms with Crippen LogP contribution in [0.15, 0.2) is 0 Å². The maximum atomic E-state index is 3.28. The number of hydrogen-bond acceptors (Lipinski definition) is 1. The second-order valence-electron chi connectivity index (χ2n) is 6.34. The van der Waals surface area contributed by atoms with Gasteiger partial charge in [-0.3, -0.25) is 0 Å². The highest BCUT2D eigenvalue weighted by Gasteiger charge is 2.38. The Morgan fingerprint density at radius 3 is 2.23 bits per heavy atom. The summed E-state index contributed by atoms with van der Waals surface area (Å²) in [5, 5.41) is 3.28. The normalized spacial score (nSPS) is 22.8. The molecule has 1 aliphatic rings. The van der Waals surface area contributed by atoms with Gasteiger partial charge in [-0.15, -0.1) is 0 Å². The van der Waals surface area contributed by atoms with Crippen LogP contribution in [0.4, 0.5) is 0 Å². The molecule has 1 N–H and O–H groups in total. The molecule has 0 aromatic heterocycles. The van der Waals surface area contributed by atoms with Crippen molar-refractivity contribution in [3.05, 3.63) is 0 Å². The molecule has 0 unspecified atom stereocenters. The van der Waals surface area contributed by atoms with Crippen molar-refractivity contribution < 1.29 is 0 Å². The van der Waals surface area contributed by atoms with E-state index < -0.39 is 0 Å². The van der Waals surface area contributed by atoms with Gasteiger partial charge >= 0.3 is 0 Å². The summed E-state index contributed by atoms with van der Waals surface area (Å²) in [6.45, 7) is 10.6. The van der Waals surface area contributed by atoms with Crippen molar-refractivity contribution in [3.63, 3.8) is 0 Å². The molecule has 0 saturated heterocycles. The molecule has 0 aromatic carbocycles. The number of hydrogen-bond donors (Lipinski definition) is 1. The van der Waals surface area contributed by atoms with Gasteiger partial charge in [0.15, 0.2) is 0 Å². The van der Waals surface area contributed by atoms with Crippen LogP contribution in [0, 0.1) is 16.7 Å². The average molecular weight is 183 g/mol. The Morgan fingerprint density at radius 1 is 1.31 bits per heavy atom. The van der Waals surface area contributed by atoms with Crippen molar-refractivity contribution in [3.8, 4) is 0 Å². The van der Waals surface area contributed by atoms with E-state index in [-0.39, 0.29) is 0 Å². The standard InChI is InChI=1S/C12H25N/c1-11(2)6-10(7-11)8-12(3,4)9-13-5/h10,13H,6-9H2,1-5H3. The lowest BCUT2D eigenvalue weighted by Gasteiger charge is -2.45. The van der Waals surface area contributed by atoms with Crippen LogP contribution in [0.2, 0.25) is 0 Å². The van der Waals surface area contributed by atoms with Crippen molar-refractivity contribution in [2.24, 2.45) is 16.7 Å². The summed E-state index contributed by atoms with van der Waals surface area (Å²) >= 11 is 0. The Bertz CT molecular complexity index is 162. The monoisotopic (exact) mass is 183 g/mol. The Labute approximate surface area is 83.3 Å². The van der Waals surface area contributed by atoms with Gasteiger partial charge < -0.3 is 5.32 Å². The van der Waals surface area contributed by atoms with Crippen LogP contribution in [-0.4, -0.2) is 13.6 Å². The predicted molar refractivity (Wildman–Crippen MR) is 58.8 cm³/mol. The minimum atomic E-state index is 0.482. The summed E-state index contributed by atoms with van der Waals surface area (Å²) in [7, 11) is 2.05. The van der Waals surface area contributed by atoms with Gasteiger partial charge in [0, 0.05) is 0 Å². The third-order valence-electron chi connectivity index (χ3n) is 3.18. The van der Waals surface area contributed by atoms with Crippen molar-refractivity contribution >= 4 is 0 Å². The molecule has 1 fully saturated rings. The first kappa shape index (κ1) is 11.0. The van der Waals surface area contributed by atoms with E-state index in [1.54, 1.807) is 0 Å². The second-order valence-corrected chi connectivity index (χ2v) is 6.34. The third-order valence-corrected chi connectivity index (χ3v) is 3.18. The molecule has 1 nitrogen and oxygen atoms in total. The first-order chi connectivity index (χ1) is 5.85. The quantitative estimate of drug-likeness (QED) is 0.706. The molecule has 0 aliphatic heterocycles. The molecule has 13 heavy (non-hydrogen) atoms. The molecule has 0 bridgehead atoms. The first-order valence-electron chi connectivity index (χ1n) is 5.49. The summed E-state index contributed by atoms with van der Waals surface area (Å²) in [6, 6.07) is 0. The highest BCUT2D eigenvalue weighted by Crippen LogP contribution is 2.49. The molecule has 0 radical (unpaired) electrons. The minimum absolute atomic E-state index is 0.482. The highest BCUT2D eigenvalue weighted by molar-refractivity contribution is 4.89. The molecule has 1 rings (SSSR count). The van der Waals surface area contributed by atoms with Gasteiger partial charge in [0.25, 0.3) is 0 Å². The fourth-order valence-electron chi connectivity index (χ4n) is 2.98. The molecule has 0 aromatic rings. The van der Waals surface area contributed by atoms with Crippen molar-refractivity contribution in [1.29, 1.82) is 0 Å². The molecule has 1 saturated carbocycles. The molecule has 1 heteroatoms. The molecule has 0 atom stereocenters. The molecular weight excluding hydrogens is 158 g/mol. The van der Waals surface area contributed by atoms with E-state index in [1.807, 2.05) is 7.05 Å². The number of rotatable bonds is 4. The zero-order valence-electron chi connectivity index (χ0n) is 9.91. The zero-order valence-corrected chi connectivity index (χ0v) is 9.91.